The van der Waals surface area contributed by atoms with E-state index in [2.05, 4.69) is 116 Å². The monoisotopic (exact) mass is 452 g/mol. The lowest BCUT2D eigenvalue weighted by Gasteiger charge is -2.16. The molecule has 0 spiro atoms. The summed E-state index contributed by atoms with van der Waals surface area (Å²) < 4.78 is 0. The zero-order valence-electron chi connectivity index (χ0n) is 22.1. The molecule has 0 aromatic heterocycles. The van der Waals surface area contributed by atoms with Crippen LogP contribution in [0.2, 0.25) is 0 Å². The predicted octanol–water partition coefficient (Wildman–Crippen LogP) is 9.68. The minimum absolute atomic E-state index is 0.439. The average Bonchev–Trinajstić information content (AvgIpc) is 2.81. The van der Waals surface area contributed by atoms with Crippen molar-refractivity contribution in [2.24, 2.45) is 9.98 Å². The molecule has 2 heteroatoms. The van der Waals surface area contributed by atoms with Gasteiger partial charge in [0.05, 0.1) is 11.4 Å². The van der Waals surface area contributed by atoms with Crippen LogP contribution in [0.5, 0.6) is 0 Å². The Morgan fingerprint density at radius 2 is 0.706 bits per heavy atom. The number of rotatable bonds is 8. The maximum absolute atomic E-state index is 4.95. The Morgan fingerprint density at radius 3 is 0.941 bits per heavy atom. The van der Waals surface area contributed by atoms with E-state index in [1.54, 1.807) is 0 Å². The van der Waals surface area contributed by atoms with Gasteiger partial charge in [-0.2, -0.15) is 0 Å². The van der Waals surface area contributed by atoms with Gasteiger partial charge in [0.1, 0.15) is 0 Å². The van der Waals surface area contributed by atoms with Gasteiger partial charge in [-0.15, -0.1) is 0 Å². The topological polar surface area (TPSA) is 24.7 Å². The summed E-state index contributed by atoms with van der Waals surface area (Å²) in [5.74, 6) is 1.76. The van der Waals surface area contributed by atoms with E-state index in [1.165, 1.54) is 22.3 Å². The molecular formula is C32H40N2. The fourth-order valence-electron chi connectivity index (χ4n) is 4.27. The molecule has 0 saturated heterocycles. The second-order valence-electron chi connectivity index (χ2n) is 10.4. The van der Waals surface area contributed by atoms with Crippen LogP contribution in [0.4, 0.5) is 11.4 Å². The molecule has 0 N–H and O–H groups in total. The highest BCUT2D eigenvalue weighted by Gasteiger charge is 2.13. The van der Waals surface area contributed by atoms with Crippen molar-refractivity contribution in [2.75, 3.05) is 0 Å². The van der Waals surface area contributed by atoms with Crippen molar-refractivity contribution in [1.29, 1.82) is 0 Å². The number of benzene rings is 3. The minimum Gasteiger partial charge on any atom is -0.256 e. The van der Waals surface area contributed by atoms with Crippen molar-refractivity contribution >= 4 is 23.8 Å². The second-order valence-corrected chi connectivity index (χ2v) is 10.4. The van der Waals surface area contributed by atoms with Crippen LogP contribution in [0.25, 0.3) is 0 Å². The molecule has 3 aromatic carbocycles. The SMILES string of the molecule is CC(C)c1cccc(C(C)C)c1N=Cc1ccc(C=Nc2c(C(C)C)cccc2C(C)C)cc1. The maximum atomic E-state index is 4.95. The molecule has 178 valence electrons. The first-order valence-electron chi connectivity index (χ1n) is 12.6. The third-order valence-electron chi connectivity index (χ3n) is 6.31. The van der Waals surface area contributed by atoms with Crippen molar-refractivity contribution in [3.63, 3.8) is 0 Å². The van der Waals surface area contributed by atoms with Crippen LogP contribution in [0.3, 0.4) is 0 Å². The largest absolute Gasteiger partial charge is 0.256 e. The molecule has 0 atom stereocenters. The van der Waals surface area contributed by atoms with Crippen LogP contribution >= 0.6 is 0 Å². The summed E-state index contributed by atoms with van der Waals surface area (Å²) >= 11 is 0. The summed E-state index contributed by atoms with van der Waals surface area (Å²) in [6, 6.07) is 21.6. The zero-order chi connectivity index (χ0) is 24.8. The molecule has 0 radical (unpaired) electrons. The van der Waals surface area contributed by atoms with Gasteiger partial charge in [0.15, 0.2) is 0 Å². The standard InChI is InChI=1S/C32H40N2/c1-21(2)27-11-9-12-28(22(3)4)31(27)33-19-25-15-17-26(18-16-25)20-34-32-29(23(5)6)13-10-14-30(32)24(7)8/h9-24H,1-8H3. The summed E-state index contributed by atoms with van der Waals surface area (Å²) in [5, 5.41) is 0. The van der Waals surface area contributed by atoms with Gasteiger partial charge in [0.2, 0.25) is 0 Å². The Balaban J connectivity index is 1.87. The van der Waals surface area contributed by atoms with E-state index in [-0.39, 0.29) is 0 Å². The molecule has 0 aliphatic carbocycles. The van der Waals surface area contributed by atoms with Gasteiger partial charge in [0, 0.05) is 12.4 Å². The van der Waals surface area contributed by atoms with Gasteiger partial charge >= 0.3 is 0 Å². The highest BCUT2D eigenvalue weighted by atomic mass is 14.7. The Kier molecular flexibility index (Phi) is 8.61. The van der Waals surface area contributed by atoms with Crippen LogP contribution in [0, 0.1) is 0 Å². The molecule has 0 heterocycles. The Hall–Kier alpha value is -3.00. The highest BCUT2D eigenvalue weighted by molar-refractivity contribution is 5.87. The summed E-state index contributed by atoms with van der Waals surface area (Å²) in [7, 11) is 0. The molecule has 0 bridgehead atoms. The summed E-state index contributed by atoms with van der Waals surface area (Å²) in [6.45, 7) is 17.8. The highest BCUT2D eigenvalue weighted by Crippen LogP contribution is 2.35. The van der Waals surface area contributed by atoms with Crippen LogP contribution in [-0.4, -0.2) is 12.4 Å². The van der Waals surface area contributed by atoms with E-state index in [0.717, 1.165) is 22.5 Å². The molecule has 0 aliphatic rings. The fraction of sp³-hybridized carbons (Fsp3) is 0.375. The molecule has 0 unspecified atom stereocenters. The summed E-state index contributed by atoms with van der Waals surface area (Å²) in [6.07, 6.45) is 3.97. The summed E-state index contributed by atoms with van der Waals surface area (Å²) in [5.41, 5.74) is 9.62. The normalized spacial score (nSPS) is 12.4. The molecule has 0 fully saturated rings. The van der Waals surface area contributed by atoms with Crippen molar-refractivity contribution in [3.8, 4) is 0 Å². The number of hydrogen-bond donors (Lipinski definition) is 0. The molecule has 3 rings (SSSR count). The lowest BCUT2D eigenvalue weighted by Crippen LogP contribution is -1.96. The Bertz CT molecular complexity index is 1000. The molecule has 34 heavy (non-hydrogen) atoms. The van der Waals surface area contributed by atoms with Gasteiger partial charge in [-0.3, -0.25) is 9.98 Å². The zero-order valence-corrected chi connectivity index (χ0v) is 22.1. The van der Waals surface area contributed by atoms with E-state index in [9.17, 15) is 0 Å². The number of aliphatic imine (C=N–C) groups is 2. The van der Waals surface area contributed by atoms with E-state index in [0.29, 0.717) is 23.7 Å². The Labute approximate surface area is 206 Å². The minimum atomic E-state index is 0.439. The van der Waals surface area contributed by atoms with Gasteiger partial charge in [-0.05, 0) is 57.1 Å². The van der Waals surface area contributed by atoms with Crippen LogP contribution in [-0.2, 0) is 0 Å². The van der Waals surface area contributed by atoms with Crippen molar-refractivity contribution in [2.45, 2.75) is 79.1 Å². The van der Waals surface area contributed by atoms with Gasteiger partial charge in [-0.25, -0.2) is 0 Å². The van der Waals surface area contributed by atoms with Gasteiger partial charge in [-0.1, -0.05) is 116 Å². The van der Waals surface area contributed by atoms with Gasteiger partial charge < -0.3 is 0 Å². The smallest absolute Gasteiger partial charge is 0.0699 e. The molecule has 0 saturated carbocycles. The van der Waals surface area contributed by atoms with Crippen molar-refractivity contribution in [1.82, 2.24) is 0 Å². The van der Waals surface area contributed by atoms with E-state index >= 15 is 0 Å². The molecule has 3 aromatic rings. The molecule has 0 aliphatic heterocycles. The number of hydrogen-bond acceptors (Lipinski definition) is 2. The average molecular weight is 453 g/mol. The van der Waals surface area contributed by atoms with Crippen LogP contribution in [0.1, 0.15) is 112 Å². The van der Waals surface area contributed by atoms with Gasteiger partial charge in [0.25, 0.3) is 0 Å². The van der Waals surface area contributed by atoms with E-state index in [4.69, 9.17) is 9.98 Å². The molecule has 0 amide bonds. The quantitative estimate of drug-likeness (QED) is 0.304. The lowest BCUT2D eigenvalue weighted by molar-refractivity contribution is 0.834. The fourth-order valence-corrected chi connectivity index (χ4v) is 4.27. The first-order valence-corrected chi connectivity index (χ1v) is 12.6. The second kappa shape index (κ2) is 11.4. The van der Waals surface area contributed by atoms with Crippen molar-refractivity contribution in [3.05, 3.63) is 94.0 Å². The molecule has 2 nitrogen and oxygen atoms in total. The number of para-hydroxylation sites is 2. The molecular weight excluding hydrogens is 412 g/mol. The first kappa shape index (κ1) is 25.6. The third-order valence-corrected chi connectivity index (χ3v) is 6.31. The maximum Gasteiger partial charge on any atom is 0.0699 e. The van der Waals surface area contributed by atoms with Crippen molar-refractivity contribution < 1.29 is 0 Å². The first-order chi connectivity index (χ1) is 16.2. The lowest BCUT2D eigenvalue weighted by atomic mass is 9.93. The van der Waals surface area contributed by atoms with E-state index in [1.807, 2.05) is 12.4 Å². The van der Waals surface area contributed by atoms with Crippen LogP contribution < -0.4 is 0 Å². The summed E-state index contributed by atoms with van der Waals surface area (Å²) in [4.78, 5) is 9.89. The Morgan fingerprint density at radius 1 is 0.441 bits per heavy atom. The van der Waals surface area contributed by atoms with E-state index < -0.39 is 0 Å². The predicted molar refractivity (Wildman–Crippen MR) is 150 cm³/mol. The number of nitrogens with zero attached hydrogens (tertiary/aromatic N) is 2. The van der Waals surface area contributed by atoms with Crippen LogP contribution in [0.15, 0.2) is 70.6 Å². The third kappa shape index (κ3) is 6.11.